The molecule has 2 rings (SSSR count). The maximum atomic E-state index is 12.8. The smallest absolute Gasteiger partial charge is 0.327 e. The molecule has 22 heavy (non-hydrogen) atoms. The molecule has 0 aromatic heterocycles. The monoisotopic (exact) mass is 422 g/mol. The number of nitrogens with two attached hydrogens (primary N) is 1. The number of rotatable bonds is 2. The largest absolute Gasteiger partial charge is 0.416 e. The minimum Gasteiger partial charge on any atom is -0.327 e. The first kappa shape index (κ1) is 19.7. The highest BCUT2D eigenvalue weighted by Gasteiger charge is 2.34. The minimum atomic E-state index is -4.60. The molecule has 1 atom stereocenters. The predicted molar refractivity (Wildman–Crippen MR) is 82.4 cm³/mol. The van der Waals surface area contributed by atoms with E-state index >= 15 is 0 Å². The minimum absolute atomic E-state index is 0. The average molecular weight is 424 g/mol. The van der Waals surface area contributed by atoms with Crippen LogP contribution in [0.5, 0.6) is 0 Å². The SMILES string of the molecule is Cl.NC1CCCN(S(=O)(=O)c2cc(Br)cc(C(F)(F)F)c2)C1. The summed E-state index contributed by atoms with van der Waals surface area (Å²) in [5, 5.41) is 0. The third kappa shape index (κ3) is 4.35. The van der Waals surface area contributed by atoms with Gasteiger partial charge in [-0.05, 0) is 31.0 Å². The molecule has 126 valence electrons. The molecule has 0 aliphatic carbocycles. The standard InChI is InChI=1S/C12H14BrF3N2O2S.ClH/c13-9-4-8(12(14,15)16)5-11(6-9)21(19,20)18-3-1-2-10(17)7-18;/h4-6,10H,1-3,7,17H2;1H. The van der Waals surface area contributed by atoms with Crippen LogP contribution in [-0.2, 0) is 16.2 Å². The van der Waals surface area contributed by atoms with E-state index in [1.54, 1.807) is 0 Å². The van der Waals surface area contributed by atoms with Gasteiger partial charge < -0.3 is 5.73 Å². The van der Waals surface area contributed by atoms with E-state index in [4.69, 9.17) is 5.73 Å². The summed E-state index contributed by atoms with van der Waals surface area (Å²) < 4.78 is 64.5. The molecule has 0 radical (unpaired) electrons. The Bertz CT molecular complexity index is 640. The second kappa shape index (κ2) is 7.04. The van der Waals surface area contributed by atoms with Crippen molar-refractivity contribution in [2.24, 2.45) is 5.73 Å². The van der Waals surface area contributed by atoms with Crippen molar-refractivity contribution in [3.63, 3.8) is 0 Å². The first-order valence-corrected chi connectivity index (χ1v) is 8.47. The lowest BCUT2D eigenvalue weighted by Crippen LogP contribution is -2.45. The van der Waals surface area contributed by atoms with Gasteiger partial charge in [-0.25, -0.2) is 8.42 Å². The summed E-state index contributed by atoms with van der Waals surface area (Å²) >= 11 is 2.93. The zero-order valence-corrected chi connectivity index (χ0v) is 14.5. The number of hydrogen-bond acceptors (Lipinski definition) is 3. The zero-order valence-electron chi connectivity index (χ0n) is 11.3. The Kier molecular flexibility index (Phi) is 6.30. The predicted octanol–water partition coefficient (Wildman–Crippen LogP) is 3.00. The lowest BCUT2D eigenvalue weighted by atomic mass is 10.1. The fourth-order valence-corrected chi connectivity index (χ4v) is 4.47. The number of nitrogens with zero attached hydrogens (tertiary/aromatic N) is 1. The van der Waals surface area contributed by atoms with Crippen molar-refractivity contribution in [1.29, 1.82) is 0 Å². The highest BCUT2D eigenvalue weighted by Crippen LogP contribution is 2.34. The molecule has 1 unspecified atom stereocenters. The van der Waals surface area contributed by atoms with Crippen molar-refractivity contribution >= 4 is 38.4 Å². The molecular formula is C12H15BrClF3N2O2S. The van der Waals surface area contributed by atoms with Crippen molar-refractivity contribution in [3.05, 3.63) is 28.2 Å². The maximum absolute atomic E-state index is 12.8. The van der Waals surface area contributed by atoms with Crippen LogP contribution in [0, 0.1) is 0 Å². The number of sulfonamides is 1. The Morgan fingerprint density at radius 2 is 1.91 bits per heavy atom. The van der Waals surface area contributed by atoms with Crippen molar-refractivity contribution in [2.45, 2.75) is 30.0 Å². The molecule has 1 aromatic rings. The van der Waals surface area contributed by atoms with Gasteiger partial charge in [0, 0.05) is 23.6 Å². The summed E-state index contributed by atoms with van der Waals surface area (Å²) in [7, 11) is -3.98. The van der Waals surface area contributed by atoms with Gasteiger partial charge in [0.25, 0.3) is 0 Å². The number of hydrogen-bond donors (Lipinski definition) is 1. The lowest BCUT2D eigenvalue weighted by Gasteiger charge is -2.30. The highest BCUT2D eigenvalue weighted by atomic mass is 79.9. The van der Waals surface area contributed by atoms with Gasteiger partial charge in [-0.3, -0.25) is 0 Å². The third-order valence-corrected chi connectivity index (χ3v) is 5.56. The molecule has 4 nitrogen and oxygen atoms in total. The summed E-state index contributed by atoms with van der Waals surface area (Å²) in [6, 6.07) is 2.38. The zero-order chi connectivity index (χ0) is 15.8. The summed E-state index contributed by atoms with van der Waals surface area (Å²) in [6.07, 6.45) is -3.30. The number of piperidine rings is 1. The summed E-state index contributed by atoms with van der Waals surface area (Å²) in [5.74, 6) is 0. The summed E-state index contributed by atoms with van der Waals surface area (Å²) in [6.45, 7) is 0.389. The van der Waals surface area contributed by atoms with Crippen LogP contribution >= 0.6 is 28.3 Å². The fraction of sp³-hybridized carbons (Fsp3) is 0.500. The molecule has 0 amide bonds. The Morgan fingerprint density at radius 3 is 2.45 bits per heavy atom. The Morgan fingerprint density at radius 1 is 1.27 bits per heavy atom. The second-order valence-electron chi connectivity index (χ2n) is 4.94. The van der Waals surface area contributed by atoms with Gasteiger partial charge in [-0.15, -0.1) is 12.4 Å². The van der Waals surface area contributed by atoms with Crippen molar-refractivity contribution in [1.82, 2.24) is 4.31 Å². The van der Waals surface area contributed by atoms with Gasteiger partial charge in [-0.1, -0.05) is 15.9 Å². The second-order valence-corrected chi connectivity index (χ2v) is 7.79. The van der Waals surface area contributed by atoms with Gasteiger partial charge in [0.05, 0.1) is 10.5 Å². The van der Waals surface area contributed by atoms with Gasteiger partial charge in [0.1, 0.15) is 0 Å². The number of alkyl halides is 3. The van der Waals surface area contributed by atoms with E-state index in [0.29, 0.717) is 18.9 Å². The first-order chi connectivity index (χ1) is 9.60. The van der Waals surface area contributed by atoms with Crippen molar-refractivity contribution < 1.29 is 21.6 Å². The van der Waals surface area contributed by atoms with Crippen LogP contribution in [-0.4, -0.2) is 31.9 Å². The molecule has 1 saturated heterocycles. The normalized spacial score (nSPS) is 20.5. The van der Waals surface area contributed by atoms with Gasteiger partial charge in [-0.2, -0.15) is 17.5 Å². The molecule has 10 heteroatoms. The molecule has 0 spiro atoms. The first-order valence-electron chi connectivity index (χ1n) is 6.24. The maximum Gasteiger partial charge on any atom is 0.416 e. The Balaban J connectivity index is 0.00000242. The molecule has 0 saturated carbocycles. The van der Waals surface area contributed by atoms with Crippen LogP contribution in [0.15, 0.2) is 27.6 Å². The molecule has 1 aromatic carbocycles. The topological polar surface area (TPSA) is 63.4 Å². The van der Waals surface area contributed by atoms with E-state index in [1.165, 1.54) is 6.07 Å². The van der Waals surface area contributed by atoms with Crippen molar-refractivity contribution in [2.75, 3.05) is 13.1 Å². The molecule has 2 N–H and O–H groups in total. The van der Waals surface area contributed by atoms with Crippen LogP contribution in [0.3, 0.4) is 0 Å². The molecule has 1 heterocycles. The third-order valence-electron chi connectivity index (χ3n) is 3.26. The van der Waals surface area contributed by atoms with Crippen LogP contribution < -0.4 is 5.73 Å². The van der Waals surface area contributed by atoms with Gasteiger partial charge in [0.2, 0.25) is 10.0 Å². The average Bonchev–Trinajstić information content (AvgIpc) is 2.37. The summed E-state index contributed by atoms with van der Waals surface area (Å²) in [4.78, 5) is -0.377. The molecule has 0 bridgehead atoms. The van der Waals surface area contributed by atoms with Gasteiger partial charge in [0.15, 0.2) is 0 Å². The van der Waals surface area contributed by atoms with Crippen molar-refractivity contribution in [3.8, 4) is 0 Å². The number of benzene rings is 1. The van der Waals surface area contributed by atoms with E-state index in [9.17, 15) is 21.6 Å². The molecule has 1 fully saturated rings. The highest BCUT2D eigenvalue weighted by molar-refractivity contribution is 9.10. The van der Waals surface area contributed by atoms with E-state index in [-0.39, 0.29) is 40.9 Å². The number of halogens is 5. The van der Waals surface area contributed by atoms with E-state index in [2.05, 4.69) is 15.9 Å². The Hall–Kier alpha value is -0.350. The van der Waals surface area contributed by atoms with Gasteiger partial charge >= 0.3 is 6.18 Å². The Labute approximate surface area is 141 Å². The molecule has 1 aliphatic heterocycles. The summed E-state index contributed by atoms with van der Waals surface area (Å²) in [5.41, 5.74) is 4.73. The van der Waals surface area contributed by atoms with Crippen LogP contribution in [0.2, 0.25) is 0 Å². The van der Waals surface area contributed by atoms with E-state index < -0.39 is 21.8 Å². The molecule has 1 aliphatic rings. The fourth-order valence-electron chi connectivity index (χ4n) is 2.22. The van der Waals surface area contributed by atoms with Crippen LogP contribution in [0.25, 0.3) is 0 Å². The van der Waals surface area contributed by atoms with Crippen LogP contribution in [0.1, 0.15) is 18.4 Å². The van der Waals surface area contributed by atoms with Crippen LogP contribution in [0.4, 0.5) is 13.2 Å². The molecular weight excluding hydrogens is 409 g/mol. The van der Waals surface area contributed by atoms with E-state index in [0.717, 1.165) is 10.4 Å². The van der Waals surface area contributed by atoms with E-state index in [1.807, 2.05) is 0 Å². The quantitative estimate of drug-likeness (QED) is 0.795. The lowest BCUT2D eigenvalue weighted by molar-refractivity contribution is -0.137.